The first-order valence-corrected chi connectivity index (χ1v) is 17.3. The average molecular weight is 749 g/mol. The van der Waals surface area contributed by atoms with Crippen molar-refractivity contribution in [2.45, 2.75) is 64.7 Å². The van der Waals surface area contributed by atoms with Crippen LogP contribution in [0.15, 0.2) is 97.1 Å². The molecule has 0 aliphatic rings. The first-order valence-electron chi connectivity index (χ1n) is 17.3. The predicted octanol–water partition coefficient (Wildman–Crippen LogP) is 12.3. The van der Waals surface area contributed by atoms with Crippen molar-refractivity contribution < 1.29 is 36.2 Å². The molecule has 0 atom stereocenters. The SMILES string of the molecule is CCCCc1ccc(-n2c(-c3ccc(C(F)(F)F)cc3[N+](=O)[O-])cc3c2cc(-c2ccc(C(F)(F)F)cc2[N+](=O)[O-])n3-c2ccc(CCCC)cc2)cc1. The van der Waals surface area contributed by atoms with Crippen LogP contribution in [0.4, 0.5) is 37.7 Å². The standard InChI is InChI=1S/C40H34F6N4O4/c1-3-5-7-25-9-15-29(16-10-25)47-33(31-19-13-27(39(41,42)43)21-35(31)49(51)52)23-38-37(47)24-34(48(38)30-17-11-26(12-18-30)8-6-4-2)32-20-14-28(40(44,45)46)22-36(32)50(53)54/h9-24H,3-8H2,1-2H3. The zero-order chi connectivity index (χ0) is 38.9. The summed E-state index contributed by atoms with van der Waals surface area (Å²) in [5, 5.41) is 24.7. The number of unbranched alkanes of at least 4 members (excludes halogenated alkanes) is 2. The van der Waals surface area contributed by atoms with Crippen LogP contribution in [0.25, 0.3) is 44.9 Å². The van der Waals surface area contributed by atoms with E-state index in [-0.39, 0.29) is 22.5 Å². The first-order chi connectivity index (χ1) is 25.6. The Morgan fingerprint density at radius 2 is 0.889 bits per heavy atom. The molecular weight excluding hydrogens is 714 g/mol. The maximum absolute atomic E-state index is 13.7. The molecule has 0 unspecified atom stereocenters. The van der Waals surface area contributed by atoms with E-state index in [1.54, 1.807) is 45.5 Å². The Balaban J connectivity index is 1.70. The van der Waals surface area contributed by atoms with Crippen LogP contribution in [0.5, 0.6) is 0 Å². The van der Waals surface area contributed by atoms with Crippen LogP contribution in [0, 0.1) is 20.2 Å². The van der Waals surface area contributed by atoms with Crippen molar-refractivity contribution in [2.24, 2.45) is 0 Å². The molecule has 0 aliphatic carbocycles. The molecule has 280 valence electrons. The fraction of sp³-hybridized carbons (Fsp3) is 0.250. The van der Waals surface area contributed by atoms with Gasteiger partial charge in [-0.15, -0.1) is 0 Å². The largest absolute Gasteiger partial charge is 0.416 e. The van der Waals surface area contributed by atoms with E-state index in [0.29, 0.717) is 34.5 Å². The molecule has 2 heterocycles. The summed E-state index contributed by atoms with van der Waals surface area (Å²) in [5.74, 6) is 0. The van der Waals surface area contributed by atoms with Gasteiger partial charge in [-0.25, -0.2) is 0 Å². The van der Waals surface area contributed by atoms with Gasteiger partial charge in [-0.2, -0.15) is 26.3 Å². The van der Waals surface area contributed by atoms with Crippen molar-refractivity contribution in [3.63, 3.8) is 0 Å². The zero-order valence-corrected chi connectivity index (χ0v) is 29.2. The zero-order valence-electron chi connectivity index (χ0n) is 29.2. The Bertz CT molecular complexity index is 2180. The predicted molar refractivity (Wildman–Crippen MR) is 194 cm³/mol. The van der Waals surface area contributed by atoms with E-state index in [0.717, 1.165) is 73.9 Å². The lowest BCUT2D eigenvalue weighted by molar-refractivity contribution is -0.384. The molecule has 0 amide bonds. The number of nitro groups is 2. The Kier molecular flexibility index (Phi) is 10.4. The third-order valence-corrected chi connectivity index (χ3v) is 9.40. The van der Waals surface area contributed by atoms with Gasteiger partial charge in [0.05, 0.1) is 54.5 Å². The highest BCUT2D eigenvalue weighted by atomic mass is 19.4. The fourth-order valence-corrected chi connectivity index (χ4v) is 6.64. The van der Waals surface area contributed by atoms with E-state index in [1.807, 2.05) is 24.3 Å². The molecule has 6 rings (SSSR count). The highest BCUT2D eigenvalue weighted by Gasteiger charge is 2.36. The normalized spacial score (nSPS) is 12.1. The number of aromatic nitrogens is 2. The lowest BCUT2D eigenvalue weighted by Gasteiger charge is -2.14. The molecule has 0 fully saturated rings. The number of fused-ring (bicyclic) bond motifs is 1. The summed E-state index contributed by atoms with van der Waals surface area (Å²) in [6, 6.07) is 22.2. The minimum Gasteiger partial charge on any atom is -0.307 e. The third-order valence-electron chi connectivity index (χ3n) is 9.40. The average Bonchev–Trinajstić information content (AvgIpc) is 3.68. The van der Waals surface area contributed by atoms with Crippen LogP contribution in [0.2, 0.25) is 0 Å². The molecule has 0 spiro atoms. The van der Waals surface area contributed by atoms with Crippen LogP contribution >= 0.6 is 0 Å². The first kappa shape index (κ1) is 37.8. The minimum absolute atomic E-state index is 0.122. The molecule has 0 saturated heterocycles. The molecule has 8 nitrogen and oxygen atoms in total. The van der Waals surface area contributed by atoms with E-state index >= 15 is 0 Å². The van der Waals surface area contributed by atoms with Gasteiger partial charge in [0.15, 0.2) is 0 Å². The minimum atomic E-state index is -4.85. The number of hydrogen-bond acceptors (Lipinski definition) is 4. The summed E-state index contributed by atoms with van der Waals surface area (Å²) in [6.07, 6.45) is -4.40. The molecule has 4 aromatic carbocycles. The highest BCUT2D eigenvalue weighted by Crippen LogP contribution is 2.45. The van der Waals surface area contributed by atoms with Gasteiger partial charge in [-0.1, -0.05) is 51.0 Å². The van der Waals surface area contributed by atoms with Gasteiger partial charge in [-0.3, -0.25) is 20.2 Å². The molecule has 0 radical (unpaired) electrons. The van der Waals surface area contributed by atoms with Gasteiger partial charge in [0.2, 0.25) is 0 Å². The molecule has 0 bridgehead atoms. The second-order valence-corrected chi connectivity index (χ2v) is 13.0. The maximum Gasteiger partial charge on any atom is 0.416 e. The van der Waals surface area contributed by atoms with E-state index in [1.165, 1.54) is 0 Å². The van der Waals surface area contributed by atoms with Gasteiger partial charge < -0.3 is 9.13 Å². The highest BCUT2D eigenvalue weighted by molar-refractivity contribution is 5.96. The lowest BCUT2D eigenvalue weighted by atomic mass is 10.0. The summed E-state index contributed by atoms with van der Waals surface area (Å²) in [5.41, 5.74) is -0.258. The van der Waals surface area contributed by atoms with Crippen molar-refractivity contribution in [1.29, 1.82) is 0 Å². The van der Waals surface area contributed by atoms with E-state index < -0.39 is 44.7 Å². The lowest BCUT2D eigenvalue weighted by Crippen LogP contribution is -2.07. The molecule has 54 heavy (non-hydrogen) atoms. The summed E-state index contributed by atoms with van der Waals surface area (Å²) < 4.78 is 85.6. The maximum atomic E-state index is 13.7. The summed E-state index contributed by atoms with van der Waals surface area (Å²) in [4.78, 5) is 22.9. The summed E-state index contributed by atoms with van der Waals surface area (Å²) in [7, 11) is 0. The number of benzene rings is 4. The molecule has 2 aromatic heterocycles. The Morgan fingerprint density at radius 1 is 0.537 bits per heavy atom. The van der Waals surface area contributed by atoms with E-state index in [9.17, 15) is 46.6 Å². The Labute approximate surface area is 305 Å². The monoisotopic (exact) mass is 748 g/mol. The molecule has 6 aromatic rings. The number of hydrogen-bond donors (Lipinski definition) is 0. The number of alkyl halides is 6. The quantitative estimate of drug-likeness (QED) is 0.0707. The number of rotatable bonds is 12. The van der Waals surface area contributed by atoms with Gasteiger partial charge in [0, 0.05) is 23.5 Å². The fourth-order valence-electron chi connectivity index (χ4n) is 6.64. The van der Waals surface area contributed by atoms with Crippen molar-refractivity contribution in [3.8, 4) is 33.9 Å². The second-order valence-electron chi connectivity index (χ2n) is 13.0. The number of aryl methyl sites for hydroxylation is 2. The number of nitrogens with zero attached hydrogens (tertiary/aromatic N) is 4. The molecular formula is C40H34F6N4O4. The summed E-state index contributed by atoms with van der Waals surface area (Å²) >= 11 is 0. The van der Waals surface area contributed by atoms with Crippen molar-refractivity contribution in [1.82, 2.24) is 9.13 Å². The van der Waals surface area contributed by atoms with Gasteiger partial charge in [0.1, 0.15) is 0 Å². The number of halogens is 6. The van der Waals surface area contributed by atoms with Gasteiger partial charge in [-0.05, 0) is 97.5 Å². The van der Waals surface area contributed by atoms with Crippen molar-refractivity contribution in [2.75, 3.05) is 0 Å². The van der Waals surface area contributed by atoms with E-state index in [2.05, 4.69) is 13.8 Å². The van der Waals surface area contributed by atoms with Gasteiger partial charge in [0.25, 0.3) is 11.4 Å². The van der Waals surface area contributed by atoms with Gasteiger partial charge >= 0.3 is 12.4 Å². The summed E-state index contributed by atoms with van der Waals surface area (Å²) in [6.45, 7) is 4.10. The van der Waals surface area contributed by atoms with Crippen LogP contribution < -0.4 is 0 Å². The molecule has 0 aliphatic heterocycles. The third kappa shape index (κ3) is 7.45. The van der Waals surface area contributed by atoms with Crippen LogP contribution in [0.3, 0.4) is 0 Å². The molecule has 0 N–H and O–H groups in total. The Morgan fingerprint density at radius 3 is 1.19 bits per heavy atom. The number of nitro benzene ring substituents is 2. The van der Waals surface area contributed by atoms with Crippen molar-refractivity contribution >= 4 is 22.4 Å². The second kappa shape index (κ2) is 14.8. The Hall–Kier alpha value is -5.92. The van der Waals surface area contributed by atoms with Crippen molar-refractivity contribution in [3.05, 3.63) is 140 Å². The van der Waals surface area contributed by atoms with Crippen LogP contribution in [0.1, 0.15) is 61.8 Å². The smallest absolute Gasteiger partial charge is 0.307 e. The molecule has 14 heteroatoms. The topological polar surface area (TPSA) is 96.1 Å². The van der Waals surface area contributed by atoms with E-state index in [4.69, 9.17) is 0 Å². The molecule has 0 saturated carbocycles. The van der Waals surface area contributed by atoms with Crippen LogP contribution in [-0.4, -0.2) is 19.0 Å². The van der Waals surface area contributed by atoms with Crippen LogP contribution in [-0.2, 0) is 25.2 Å².